The van der Waals surface area contributed by atoms with Crippen molar-refractivity contribution >= 4 is 0 Å². The summed E-state index contributed by atoms with van der Waals surface area (Å²) in [5, 5.41) is 3.52. The molecule has 2 nitrogen and oxygen atoms in total. The number of ether oxygens (including phenoxy) is 1. The lowest BCUT2D eigenvalue weighted by Crippen LogP contribution is -2.46. The Bertz CT molecular complexity index is 197. The van der Waals surface area contributed by atoms with E-state index in [0.29, 0.717) is 12.1 Å². The maximum atomic E-state index is 6.07. The fourth-order valence-electron chi connectivity index (χ4n) is 3.31. The van der Waals surface area contributed by atoms with E-state index >= 15 is 0 Å². The normalized spacial score (nSPS) is 26.6. The zero-order valence-corrected chi connectivity index (χ0v) is 10.9. The summed E-state index contributed by atoms with van der Waals surface area (Å²) in [6.45, 7) is 3.00. The van der Waals surface area contributed by atoms with Crippen LogP contribution in [0, 0.1) is 11.8 Å². The van der Waals surface area contributed by atoms with Crippen molar-refractivity contribution in [1.82, 2.24) is 5.32 Å². The molecule has 2 heteroatoms. The second kappa shape index (κ2) is 6.02. The van der Waals surface area contributed by atoms with Crippen LogP contribution < -0.4 is 5.32 Å². The molecule has 0 spiro atoms. The van der Waals surface area contributed by atoms with Crippen LogP contribution in [-0.4, -0.2) is 25.8 Å². The number of likely N-dealkylation sites (N-methyl/N-ethyl adjacent to an activating group) is 1. The van der Waals surface area contributed by atoms with E-state index in [1.165, 1.54) is 44.9 Å². The molecule has 0 saturated heterocycles. The van der Waals surface area contributed by atoms with Gasteiger partial charge in [0.25, 0.3) is 0 Å². The summed E-state index contributed by atoms with van der Waals surface area (Å²) in [6, 6.07) is 0.614. The summed E-state index contributed by atoms with van der Waals surface area (Å²) in [7, 11) is 2.11. The monoisotopic (exact) mass is 225 g/mol. The van der Waals surface area contributed by atoms with Gasteiger partial charge < -0.3 is 10.1 Å². The Morgan fingerprint density at radius 1 is 1.06 bits per heavy atom. The third kappa shape index (κ3) is 2.98. The molecule has 0 aromatic carbocycles. The molecule has 1 N–H and O–H groups in total. The van der Waals surface area contributed by atoms with Crippen LogP contribution in [0.4, 0.5) is 0 Å². The molecule has 16 heavy (non-hydrogen) atoms. The lowest BCUT2D eigenvalue weighted by atomic mass is 9.81. The van der Waals surface area contributed by atoms with Crippen molar-refractivity contribution < 1.29 is 4.74 Å². The third-order valence-corrected chi connectivity index (χ3v) is 4.29. The van der Waals surface area contributed by atoms with Gasteiger partial charge >= 0.3 is 0 Å². The van der Waals surface area contributed by atoms with Gasteiger partial charge in [-0.05, 0) is 51.5 Å². The van der Waals surface area contributed by atoms with Gasteiger partial charge in [0, 0.05) is 12.6 Å². The van der Waals surface area contributed by atoms with Crippen molar-refractivity contribution in [3.63, 3.8) is 0 Å². The van der Waals surface area contributed by atoms with E-state index in [0.717, 1.165) is 18.4 Å². The number of hydrogen-bond acceptors (Lipinski definition) is 2. The van der Waals surface area contributed by atoms with Gasteiger partial charge in [-0.3, -0.25) is 0 Å². The van der Waals surface area contributed by atoms with Crippen LogP contribution >= 0.6 is 0 Å². The average molecular weight is 225 g/mol. The average Bonchev–Trinajstić information content (AvgIpc) is 3.15. The Labute approximate surface area is 100 Å². The largest absolute Gasteiger partial charge is 0.377 e. The topological polar surface area (TPSA) is 21.3 Å². The highest BCUT2D eigenvalue weighted by molar-refractivity contribution is 4.94. The molecule has 2 aliphatic carbocycles. The van der Waals surface area contributed by atoms with Gasteiger partial charge in [0.2, 0.25) is 0 Å². The molecular formula is C14H27NO. The minimum absolute atomic E-state index is 0.475. The lowest BCUT2D eigenvalue weighted by Gasteiger charge is -2.35. The van der Waals surface area contributed by atoms with Crippen LogP contribution in [-0.2, 0) is 4.74 Å². The SMILES string of the molecule is CCOC(C1CCCCC1)C(NC)C1CC1. The fourth-order valence-corrected chi connectivity index (χ4v) is 3.31. The van der Waals surface area contributed by atoms with Crippen LogP contribution in [0.25, 0.3) is 0 Å². The van der Waals surface area contributed by atoms with Gasteiger partial charge in [0.15, 0.2) is 0 Å². The predicted molar refractivity (Wildman–Crippen MR) is 67.6 cm³/mol. The molecule has 2 saturated carbocycles. The smallest absolute Gasteiger partial charge is 0.0758 e. The van der Waals surface area contributed by atoms with Crippen LogP contribution in [0.1, 0.15) is 51.9 Å². The Morgan fingerprint density at radius 3 is 2.25 bits per heavy atom. The molecule has 0 heterocycles. The highest BCUT2D eigenvalue weighted by atomic mass is 16.5. The first-order valence-electron chi connectivity index (χ1n) is 7.15. The predicted octanol–water partition coefficient (Wildman–Crippen LogP) is 2.97. The number of nitrogens with one attached hydrogen (secondary N) is 1. The molecule has 0 aromatic rings. The van der Waals surface area contributed by atoms with E-state index in [4.69, 9.17) is 4.74 Å². The Kier molecular flexibility index (Phi) is 4.66. The van der Waals surface area contributed by atoms with E-state index in [1.807, 2.05) is 0 Å². The van der Waals surface area contributed by atoms with E-state index in [2.05, 4.69) is 19.3 Å². The molecule has 0 radical (unpaired) electrons. The Hall–Kier alpha value is -0.0800. The van der Waals surface area contributed by atoms with Crippen LogP contribution in [0.15, 0.2) is 0 Å². The first-order valence-corrected chi connectivity index (χ1v) is 7.15. The maximum absolute atomic E-state index is 6.07. The molecule has 2 fully saturated rings. The van der Waals surface area contributed by atoms with Crippen molar-refractivity contribution in [1.29, 1.82) is 0 Å². The summed E-state index contributed by atoms with van der Waals surface area (Å²) in [5.74, 6) is 1.70. The van der Waals surface area contributed by atoms with Crippen LogP contribution in [0.5, 0.6) is 0 Å². The van der Waals surface area contributed by atoms with Crippen molar-refractivity contribution in [3.8, 4) is 0 Å². The Morgan fingerprint density at radius 2 is 1.75 bits per heavy atom. The molecule has 0 amide bonds. The number of hydrogen-bond donors (Lipinski definition) is 1. The second-order valence-corrected chi connectivity index (χ2v) is 5.47. The molecule has 94 valence electrons. The highest BCUT2D eigenvalue weighted by Crippen LogP contribution is 2.39. The van der Waals surface area contributed by atoms with Crippen molar-refractivity contribution in [2.24, 2.45) is 11.8 Å². The van der Waals surface area contributed by atoms with E-state index < -0.39 is 0 Å². The van der Waals surface area contributed by atoms with Crippen molar-refractivity contribution in [3.05, 3.63) is 0 Å². The third-order valence-electron chi connectivity index (χ3n) is 4.29. The standard InChI is InChI=1S/C14H27NO/c1-3-16-14(12-7-5-4-6-8-12)13(15-2)11-9-10-11/h11-15H,3-10H2,1-2H3. The second-order valence-electron chi connectivity index (χ2n) is 5.47. The molecule has 2 rings (SSSR count). The zero-order chi connectivity index (χ0) is 11.4. The first-order chi connectivity index (χ1) is 7.86. The van der Waals surface area contributed by atoms with E-state index in [1.54, 1.807) is 0 Å². The summed E-state index contributed by atoms with van der Waals surface area (Å²) in [4.78, 5) is 0. The van der Waals surface area contributed by atoms with Crippen LogP contribution in [0.3, 0.4) is 0 Å². The van der Waals surface area contributed by atoms with Crippen LogP contribution in [0.2, 0.25) is 0 Å². The molecule has 0 aromatic heterocycles. The fraction of sp³-hybridized carbons (Fsp3) is 1.00. The number of rotatable bonds is 6. The summed E-state index contributed by atoms with van der Waals surface area (Å²) >= 11 is 0. The van der Waals surface area contributed by atoms with E-state index in [-0.39, 0.29) is 0 Å². The van der Waals surface area contributed by atoms with Gasteiger partial charge in [0.1, 0.15) is 0 Å². The molecular weight excluding hydrogens is 198 g/mol. The highest BCUT2D eigenvalue weighted by Gasteiger charge is 2.39. The molecule has 2 aliphatic rings. The lowest BCUT2D eigenvalue weighted by molar-refractivity contribution is -0.0208. The quantitative estimate of drug-likeness (QED) is 0.750. The maximum Gasteiger partial charge on any atom is 0.0758 e. The molecule has 0 bridgehead atoms. The summed E-state index contributed by atoms with van der Waals surface area (Å²) < 4.78 is 6.07. The van der Waals surface area contributed by atoms with Gasteiger partial charge in [-0.1, -0.05) is 19.3 Å². The summed E-state index contributed by atoms with van der Waals surface area (Å²) in [6.07, 6.45) is 10.3. The van der Waals surface area contributed by atoms with E-state index in [9.17, 15) is 0 Å². The Balaban J connectivity index is 1.95. The van der Waals surface area contributed by atoms with Crippen molar-refractivity contribution in [2.45, 2.75) is 64.0 Å². The van der Waals surface area contributed by atoms with Gasteiger partial charge in [0.05, 0.1) is 6.10 Å². The first kappa shape index (κ1) is 12.4. The van der Waals surface area contributed by atoms with Gasteiger partial charge in [-0.25, -0.2) is 0 Å². The molecule has 0 aliphatic heterocycles. The molecule has 2 unspecified atom stereocenters. The van der Waals surface area contributed by atoms with Crippen molar-refractivity contribution in [2.75, 3.05) is 13.7 Å². The minimum atomic E-state index is 0.475. The molecule has 2 atom stereocenters. The van der Waals surface area contributed by atoms with Gasteiger partial charge in [-0.2, -0.15) is 0 Å². The summed E-state index contributed by atoms with van der Waals surface area (Å²) in [5.41, 5.74) is 0. The zero-order valence-electron chi connectivity index (χ0n) is 10.9. The van der Waals surface area contributed by atoms with Gasteiger partial charge in [-0.15, -0.1) is 0 Å². The minimum Gasteiger partial charge on any atom is -0.377 e.